The normalized spacial score (nSPS) is 27.6. The fraction of sp³-hybridized carbons (Fsp3) is 0.333. The molecular weight excluding hydrogens is 412 g/mol. The number of aliphatic hydroxyl groups excluding tert-OH is 4. The molecule has 31 heavy (non-hydrogen) atoms. The minimum atomic E-state index is -1.72. The van der Waals surface area contributed by atoms with Crippen LogP contribution in [0.5, 0.6) is 17.2 Å². The number of fused-ring (bicyclic) bond motifs is 2. The number of carbonyl (C=O) groups is 2. The maximum atomic E-state index is 13.2. The molecule has 10 nitrogen and oxygen atoms in total. The Balaban J connectivity index is 1.79. The summed E-state index contributed by atoms with van der Waals surface area (Å²) in [6.07, 6.45) is -7.80. The molecule has 164 valence electrons. The average Bonchev–Trinajstić information content (AvgIpc) is 2.71. The molecule has 1 fully saturated rings. The van der Waals surface area contributed by atoms with Crippen LogP contribution in [0.4, 0.5) is 0 Å². The van der Waals surface area contributed by atoms with E-state index in [2.05, 4.69) is 0 Å². The molecule has 1 aliphatic carbocycles. The Morgan fingerprint density at radius 2 is 1.58 bits per heavy atom. The highest BCUT2D eigenvalue weighted by Gasteiger charge is 2.45. The molecule has 0 aromatic heterocycles. The summed E-state index contributed by atoms with van der Waals surface area (Å²) in [5.41, 5.74) is -0.187. The van der Waals surface area contributed by atoms with Gasteiger partial charge in [0.2, 0.25) is 12.1 Å². The maximum Gasteiger partial charge on any atom is 0.229 e. The van der Waals surface area contributed by atoms with Crippen molar-refractivity contribution in [2.45, 2.75) is 37.6 Å². The largest absolute Gasteiger partial charge is 0.508 e. The molecule has 10 heteroatoms. The van der Waals surface area contributed by atoms with Gasteiger partial charge in [-0.05, 0) is 30.7 Å². The van der Waals surface area contributed by atoms with Gasteiger partial charge < -0.3 is 40.1 Å². The SMILES string of the molecule is Cc1cc(O[C@H]2O[C@@H](CO)[C@H](O)[C@H](O)[C@@H]2O)c2c(c1)C(=O)c1cc(O)cc(O)c1C2=O. The van der Waals surface area contributed by atoms with Crippen LogP contribution in [-0.4, -0.2) is 79.5 Å². The molecule has 4 rings (SSSR count). The lowest BCUT2D eigenvalue weighted by Crippen LogP contribution is -2.60. The second-order valence-corrected chi connectivity index (χ2v) is 7.55. The van der Waals surface area contributed by atoms with Crippen molar-refractivity contribution in [2.24, 2.45) is 0 Å². The van der Waals surface area contributed by atoms with Crippen molar-refractivity contribution in [3.8, 4) is 17.2 Å². The van der Waals surface area contributed by atoms with Crippen LogP contribution in [0.25, 0.3) is 0 Å². The summed E-state index contributed by atoms with van der Waals surface area (Å²) in [5.74, 6) is -2.50. The second kappa shape index (κ2) is 7.59. The molecule has 1 aliphatic heterocycles. The van der Waals surface area contributed by atoms with E-state index in [0.717, 1.165) is 12.1 Å². The number of phenols is 2. The van der Waals surface area contributed by atoms with Crippen LogP contribution in [0.15, 0.2) is 24.3 Å². The number of ether oxygens (including phenoxy) is 2. The van der Waals surface area contributed by atoms with Crippen molar-refractivity contribution in [1.29, 1.82) is 0 Å². The number of hydrogen-bond donors (Lipinski definition) is 6. The van der Waals surface area contributed by atoms with E-state index in [9.17, 15) is 40.2 Å². The highest BCUT2D eigenvalue weighted by atomic mass is 16.7. The summed E-state index contributed by atoms with van der Waals surface area (Å²) >= 11 is 0. The van der Waals surface area contributed by atoms with Gasteiger partial charge in [-0.2, -0.15) is 0 Å². The lowest BCUT2D eigenvalue weighted by atomic mass is 9.82. The topological polar surface area (TPSA) is 174 Å². The number of carbonyl (C=O) groups excluding carboxylic acids is 2. The zero-order chi connectivity index (χ0) is 22.6. The maximum absolute atomic E-state index is 13.2. The first-order chi connectivity index (χ1) is 14.6. The monoisotopic (exact) mass is 432 g/mol. The van der Waals surface area contributed by atoms with Gasteiger partial charge in [0.1, 0.15) is 41.7 Å². The van der Waals surface area contributed by atoms with Gasteiger partial charge >= 0.3 is 0 Å². The molecule has 2 aromatic carbocycles. The van der Waals surface area contributed by atoms with E-state index in [0.29, 0.717) is 5.56 Å². The second-order valence-electron chi connectivity index (χ2n) is 7.55. The lowest BCUT2D eigenvalue weighted by Gasteiger charge is -2.39. The summed E-state index contributed by atoms with van der Waals surface area (Å²) < 4.78 is 11.0. The number of hydrogen-bond acceptors (Lipinski definition) is 10. The summed E-state index contributed by atoms with van der Waals surface area (Å²) in [5, 5.41) is 59.4. The average molecular weight is 432 g/mol. The van der Waals surface area contributed by atoms with Crippen LogP contribution in [0.3, 0.4) is 0 Å². The van der Waals surface area contributed by atoms with E-state index in [-0.39, 0.29) is 33.8 Å². The Kier molecular flexibility index (Phi) is 5.20. The molecule has 0 radical (unpaired) electrons. The number of ketones is 2. The number of phenolic OH excluding ortho intramolecular Hbond substituents is 2. The number of rotatable bonds is 3. The summed E-state index contributed by atoms with van der Waals surface area (Å²) in [7, 11) is 0. The highest BCUT2D eigenvalue weighted by molar-refractivity contribution is 6.30. The van der Waals surface area contributed by atoms with Crippen molar-refractivity contribution >= 4 is 11.6 Å². The third-order valence-corrected chi connectivity index (χ3v) is 5.38. The first kappa shape index (κ1) is 21.2. The van der Waals surface area contributed by atoms with Gasteiger partial charge in [-0.25, -0.2) is 0 Å². The summed E-state index contributed by atoms with van der Waals surface area (Å²) in [6, 6.07) is 4.87. The van der Waals surface area contributed by atoms with Gasteiger partial charge in [0.15, 0.2) is 5.78 Å². The first-order valence-electron chi connectivity index (χ1n) is 9.41. The van der Waals surface area contributed by atoms with E-state index in [1.807, 2.05) is 0 Å². The van der Waals surface area contributed by atoms with Crippen LogP contribution in [0.1, 0.15) is 37.4 Å². The third-order valence-electron chi connectivity index (χ3n) is 5.38. The van der Waals surface area contributed by atoms with Gasteiger partial charge in [-0.1, -0.05) is 0 Å². The minimum Gasteiger partial charge on any atom is -0.508 e. The number of aryl methyl sites for hydroxylation is 1. The van der Waals surface area contributed by atoms with Gasteiger partial charge in [0.25, 0.3) is 0 Å². The van der Waals surface area contributed by atoms with Gasteiger partial charge in [0.05, 0.1) is 17.7 Å². The quantitative estimate of drug-likeness (QED) is 0.312. The molecule has 5 atom stereocenters. The molecule has 1 saturated heterocycles. The molecule has 0 saturated carbocycles. The Bertz CT molecular complexity index is 1080. The minimum absolute atomic E-state index is 0.0397. The Morgan fingerprint density at radius 1 is 0.903 bits per heavy atom. The fourth-order valence-corrected chi connectivity index (χ4v) is 3.85. The van der Waals surface area contributed by atoms with E-state index >= 15 is 0 Å². The zero-order valence-electron chi connectivity index (χ0n) is 16.2. The predicted octanol–water partition coefficient (Wildman–Crippen LogP) is -0.640. The van der Waals surface area contributed by atoms with E-state index < -0.39 is 54.6 Å². The molecular formula is C21H20O10. The van der Waals surface area contributed by atoms with Crippen LogP contribution in [0, 0.1) is 6.92 Å². The number of aliphatic hydroxyl groups is 4. The molecule has 2 aliphatic rings. The third kappa shape index (κ3) is 3.34. The van der Waals surface area contributed by atoms with Gasteiger partial charge in [-0.3, -0.25) is 9.59 Å². The number of benzene rings is 2. The van der Waals surface area contributed by atoms with Crippen molar-refractivity contribution in [3.05, 3.63) is 52.1 Å². The first-order valence-corrected chi connectivity index (χ1v) is 9.41. The Labute approximate surface area is 175 Å². The van der Waals surface area contributed by atoms with Crippen LogP contribution >= 0.6 is 0 Å². The summed E-state index contributed by atoms with van der Waals surface area (Å²) in [4.78, 5) is 26.2. The van der Waals surface area contributed by atoms with Gasteiger partial charge in [0, 0.05) is 17.2 Å². The van der Waals surface area contributed by atoms with Gasteiger partial charge in [-0.15, -0.1) is 0 Å². The van der Waals surface area contributed by atoms with Crippen molar-refractivity contribution in [3.63, 3.8) is 0 Å². The van der Waals surface area contributed by atoms with Crippen molar-refractivity contribution < 1.29 is 49.7 Å². The van der Waals surface area contributed by atoms with Crippen molar-refractivity contribution in [1.82, 2.24) is 0 Å². The molecule has 0 unspecified atom stereocenters. The smallest absolute Gasteiger partial charge is 0.229 e. The Hall–Kier alpha value is -3.02. The summed E-state index contributed by atoms with van der Waals surface area (Å²) in [6.45, 7) is 0.965. The van der Waals surface area contributed by atoms with E-state index in [4.69, 9.17) is 9.47 Å². The molecule has 1 heterocycles. The van der Waals surface area contributed by atoms with Crippen LogP contribution in [-0.2, 0) is 4.74 Å². The molecule has 0 spiro atoms. The van der Waals surface area contributed by atoms with E-state index in [1.165, 1.54) is 12.1 Å². The standard InChI is InChI=1S/C21H20O10/c1-7-2-9-15(18(27)14-10(16(9)25)4-8(23)5-11(14)24)12(3-7)30-21-20(29)19(28)17(26)13(6-22)31-21/h2-5,13,17,19-24,26,28-29H,6H2,1H3/t13-,17-,19-,20-,21-/m0/s1. The lowest BCUT2D eigenvalue weighted by molar-refractivity contribution is -0.277. The fourth-order valence-electron chi connectivity index (χ4n) is 3.85. The Morgan fingerprint density at radius 3 is 2.26 bits per heavy atom. The molecule has 0 bridgehead atoms. The van der Waals surface area contributed by atoms with Crippen LogP contribution in [0.2, 0.25) is 0 Å². The molecule has 0 amide bonds. The highest BCUT2D eigenvalue weighted by Crippen LogP contribution is 2.40. The molecule has 6 N–H and O–H groups in total. The molecule has 2 aromatic rings. The number of aromatic hydroxyl groups is 2. The van der Waals surface area contributed by atoms with Crippen molar-refractivity contribution in [2.75, 3.05) is 6.61 Å². The zero-order valence-corrected chi connectivity index (χ0v) is 16.2. The van der Waals surface area contributed by atoms with E-state index in [1.54, 1.807) is 6.92 Å². The van der Waals surface area contributed by atoms with Crippen LogP contribution < -0.4 is 4.74 Å². The predicted molar refractivity (Wildman–Crippen MR) is 102 cm³/mol.